The quantitative estimate of drug-likeness (QED) is 0.583. The van der Waals surface area contributed by atoms with Crippen molar-refractivity contribution in [3.8, 4) is 0 Å². The number of nitrogens with zero attached hydrogens (tertiary/aromatic N) is 1. The van der Waals surface area contributed by atoms with Gasteiger partial charge in [-0.05, 0) is 12.1 Å². The van der Waals surface area contributed by atoms with Crippen molar-refractivity contribution in [2.45, 2.75) is 6.42 Å². The predicted molar refractivity (Wildman–Crippen MR) is 52.2 cm³/mol. The van der Waals surface area contributed by atoms with Gasteiger partial charge in [0.05, 0.1) is 25.8 Å². The smallest absolute Gasteiger partial charge is 0.307 e. The Morgan fingerprint density at radius 3 is 2.64 bits per heavy atom. The fourth-order valence-corrected chi connectivity index (χ4v) is 1.03. The first kappa shape index (κ1) is 10.5. The van der Waals surface area contributed by atoms with Gasteiger partial charge >= 0.3 is 5.97 Å². The molecule has 76 valence electrons. The Morgan fingerprint density at radius 1 is 1.43 bits per heavy atom. The van der Waals surface area contributed by atoms with Crippen LogP contribution in [-0.2, 0) is 9.53 Å². The van der Waals surface area contributed by atoms with Gasteiger partial charge in [0.25, 0.3) is 0 Å². The third-order valence-corrected chi connectivity index (χ3v) is 1.81. The molecule has 0 spiro atoms. The van der Waals surface area contributed by atoms with Gasteiger partial charge in [0.15, 0.2) is 0 Å². The molecule has 0 aromatic heterocycles. The van der Waals surface area contributed by atoms with E-state index in [4.69, 9.17) is 0 Å². The standard InChI is InChI=1S/C10H13NO3/c1-14-10(12)7-8-11(13)9-5-3-2-4-6-9/h2-6,13H,7-8H2,1H3. The van der Waals surface area contributed by atoms with Gasteiger partial charge in [-0.15, -0.1) is 0 Å². The van der Waals surface area contributed by atoms with Gasteiger partial charge in [-0.25, -0.2) is 0 Å². The van der Waals surface area contributed by atoms with Crippen molar-refractivity contribution in [2.24, 2.45) is 0 Å². The average molecular weight is 195 g/mol. The average Bonchev–Trinajstić information content (AvgIpc) is 2.26. The number of esters is 1. The molecule has 0 radical (unpaired) electrons. The molecule has 0 saturated carbocycles. The van der Waals surface area contributed by atoms with Gasteiger partial charge in [-0.2, -0.15) is 0 Å². The number of para-hydroxylation sites is 1. The number of hydrogen-bond acceptors (Lipinski definition) is 4. The number of methoxy groups -OCH3 is 1. The molecule has 1 rings (SSSR count). The number of hydrogen-bond donors (Lipinski definition) is 1. The Labute approximate surface area is 82.7 Å². The molecule has 0 aliphatic carbocycles. The third kappa shape index (κ3) is 3.06. The molecule has 0 aliphatic heterocycles. The summed E-state index contributed by atoms with van der Waals surface area (Å²) in [6, 6.07) is 9.01. The van der Waals surface area contributed by atoms with Crippen LogP contribution in [-0.4, -0.2) is 24.8 Å². The minimum Gasteiger partial charge on any atom is -0.469 e. The number of benzene rings is 1. The van der Waals surface area contributed by atoms with E-state index in [1.54, 1.807) is 12.1 Å². The first-order chi connectivity index (χ1) is 6.74. The molecular formula is C10H13NO3. The van der Waals surface area contributed by atoms with Crippen LogP contribution in [0.1, 0.15) is 6.42 Å². The summed E-state index contributed by atoms with van der Waals surface area (Å²) in [4.78, 5) is 10.8. The van der Waals surface area contributed by atoms with Crippen molar-refractivity contribution in [2.75, 3.05) is 18.7 Å². The molecule has 0 saturated heterocycles. The lowest BCUT2D eigenvalue weighted by Crippen LogP contribution is -2.22. The SMILES string of the molecule is COC(=O)CCN(O)c1ccccc1. The van der Waals surface area contributed by atoms with Crippen molar-refractivity contribution in [1.82, 2.24) is 0 Å². The highest BCUT2D eigenvalue weighted by molar-refractivity contribution is 5.69. The molecule has 0 amide bonds. The Morgan fingerprint density at radius 2 is 2.07 bits per heavy atom. The minimum atomic E-state index is -0.333. The molecule has 1 N–H and O–H groups in total. The summed E-state index contributed by atoms with van der Waals surface area (Å²) in [6.45, 7) is 0.233. The topological polar surface area (TPSA) is 49.8 Å². The summed E-state index contributed by atoms with van der Waals surface area (Å²) in [6.07, 6.45) is 0.169. The highest BCUT2D eigenvalue weighted by Crippen LogP contribution is 2.10. The Hall–Kier alpha value is -1.55. The summed E-state index contributed by atoms with van der Waals surface area (Å²) < 4.78 is 4.46. The van der Waals surface area contributed by atoms with E-state index in [0.717, 1.165) is 5.06 Å². The van der Waals surface area contributed by atoms with Crippen molar-refractivity contribution in [3.63, 3.8) is 0 Å². The van der Waals surface area contributed by atoms with E-state index in [0.29, 0.717) is 5.69 Å². The van der Waals surface area contributed by atoms with Crippen molar-refractivity contribution in [3.05, 3.63) is 30.3 Å². The van der Waals surface area contributed by atoms with Crippen LogP contribution >= 0.6 is 0 Å². The maximum atomic E-state index is 10.8. The van der Waals surface area contributed by atoms with E-state index in [1.807, 2.05) is 18.2 Å². The van der Waals surface area contributed by atoms with Crippen LogP contribution in [0, 0.1) is 0 Å². The number of rotatable bonds is 4. The van der Waals surface area contributed by atoms with Gasteiger partial charge in [0.1, 0.15) is 0 Å². The number of carbonyl (C=O) groups excluding carboxylic acids is 1. The van der Waals surface area contributed by atoms with Gasteiger partial charge in [0, 0.05) is 0 Å². The lowest BCUT2D eigenvalue weighted by Gasteiger charge is -2.15. The zero-order valence-corrected chi connectivity index (χ0v) is 8.01. The van der Waals surface area contributed by atoms with Gasteiger partial charge < -0.3 is 4.74 Å². The van der Waals surface area contributed by atoms with Gasteiger partial charge in [-0.1, -0.05) is 18.2 Å². The van der Waals surface area contributed by atoms with Gasteiger partial charge in [-0.3, -0.25) is 15.1 Å². The van der Waals surface area contributed by atoms with Crippen LogP contribution in [0.5, 0.6) is 0 Å². The van der Waals surface area contributed by atoms with E-state index >= 15 is 0 Å². The Bertz CT molecular complexity index is 287. The fourth-order valence-electron chi connectivity index (χ4n) is 1.03. The molecule has 14 heavy (non-hydrogen) atoms. The monoisotopic (exact) mass is 195 g/mol. The maximum absolute atomic E-state index is 10.8. The van der Waals surface area contributed by atoms with E-state index in [2.05, 4.69) is 4.74 Å². The fraction of sp³-hybridized carbons (Fsp3) is 0.300. The molecule has 1 aromatic rings. The molecule has 0 atom stereocenters. The normalized spacial score (nSPS) is 9.57. The summed E-state index contributed by atoms with van der Waals surface area (Å²) in [7, 11) is 1.33. The van der Waals surface area contributed by atoms with Crippen molar-refractivity contribution >= 4 is 11.7 Å². The molecule has 0 fully saturated rings. The highest BCUT2D eigenvalue weighted by Gasteiger charge is 2.05. The highest BCUT2D eigenvalue weighted by atomic mass is 16.5. The predicted octanol–water partition coefficient (Wildman–Crippen LogP) is 1.45. The van der Waals surface area contributed by atoms with Crippen LogP contribution in [0.4, 0.5) is 5.69 Å². The zero-order chi connectivity index (χ0) is 10.4. The first-order valence-corrected chi connectivity index (χ1v) is 4.32. The molecule has 1 aromatic carbocycles. The van der Waals surface area contributed by atoms with E-state index in [9.17, 15) is 10.0 Å². The number of carbonyl (C=O) groups is 1. The first-order valence-electron chi connectivity index (χ1n) is 4.32. The number of hydroxylamine groups is 1. The lowest BCUT2D eigenvalue weighted by atomic mass is 10.3. The molecular weight excluding hydrogens is 182 g/mol. The third-order valence-electron chi connectivity index (χ3n) is 1.81. The van der Waals surface area contributed by atoms with Gasteiger partial charge in [0.2, 0.25) is 0 Å². The second kappa shape index (κ2) is 5.24. The second-order valence-electron chi connectivity index (χ2n) is 2.78. The Kier molecular flexibility index (Phi) is 3.94. The molecule has 0 heterocycles. The van der Waals surface area contributed by atoms with E-state index in [-0.39, 0.29) is 18.9 Å². The summed E-state index contributed by atoms with van der Waals surface area (Å²) in [5, 5.41) is 10.5. The van der Waals surface area contributed by atoms with Crippen LogP contribution in [0.25, 0.3) is 0 Å². The zero-order valence-electron chi connectivity index (χ0n) is 8.01. The summed E-state index contributed by atoms with van der Waals surface area (Å²) >= 11 is 0. The lowest BCUT2D eigenvalue weighted by molar-refractivity contribution is -0.140. The molecule has 0 unspecified atom stereocenters. The number of anilines is 1. The second-order valence-corrected chi connectivity index (χ2v) is 2.78. The minimum absolute atomic E-state index is 0.169. The molecule has 4 heteroatoms. The maximum Gasteiger partial charge on any atom is 0.307 e. The van der Waals surface area contributed by atoms with E-state index in [1.165, 1.54) is 7.11 Å². The largest absolute Gasteiger partial charge is 0.469 e. The summed E-state index contributed by atoms with van der Waals surface area (Å²) in [5.74, 6) is -0.333. The van der Waals surface area contributed by atoms with Crippen LogP contribution in [0.3, 0.4) is 0 Å². The molecule has 4 nitrogen and oxygen atoms in total. The Balaban J connectivity index is 2.43. The molecule has 0 aliphatic rings. The van der Waals surface area contributed by atoms with E-state index < -0.39 is 0 Å². The van der Waals surface area contributed by atoms with Crippen LogP contribution < -0.4 is 5.06 Å². The summed E-state index contributed by atoms with van der Waals surface area (Å²) in [5.41, 5.74) is 0.663. The molecule has 0 bridgehead atoms. The van der Waals surface area contributed by atoms with Crippen LogP contribution in [0.2, 0.25) is 0 Å². The number of ether oxygens (including phenoxy) is 1. The van der Waals surface area contributed by atoms with Crippen molar-refractivity contribution < 1.29 is 14.7 Å². The van der Waals surface area contributed by atoms with Crippen molar-refractivity contribution in [1.29, 1.82) is 0 Å². The van der Waals surface area contributed by atoms with Crippen LogP contribution in [0.15, 0.2) is 30.3 Å².